The van der Waals surface area contributed by atoms with E-state index in [-0.39, 0.29) is 12.1 Å². The Morgan fingerprint density at radius 1 is 1.07 bits per heavy atom. The lowest BCUT2D eigenvalue weighted by Crippen LogP contribution is -2.29. The lowest BCUT2D eigenvalue weighted by atomic mass is 10.0. The second-order valence-corrected chi connectivity index (χ2v) is 10.5. The van der Waals surface area contributed by atoms with Crippen molar-refractivity contribution in [1.82, 2.24) is 10.3 Å². The number of thiocarbonyl (C=S) groups is 1. The maximum absolute atomic E-state index is 6.14. The summed E-state index contributed by atoms with van der Waals surface area (Å²) in [6.45, 7) is 0. The molecule has 7 heteroatoms. The normalized spacial score (nSPS) is 21.8. The van der Waals surface area contributed by atoms with Crippen molar-refractivity contribution in [3.63, 3.8) is 0 Å². The molecule has 0 bridgehead atoms. The third-order valence-corrected chi connectivity index (χ3v) is 7.71. The van der Waals surface area contributed by atoms with Crippen LogP contribution in [0.2, 0.25) is 0 Å². The van der Waals surface area contributed by atoms with Crippen molar-refractivity contribution >= 4 is 50.3 Å². The molecule has 2 fully saturated rings. The van der Waals surface area contributed by atoms with Gasteiger partial charge < -0.3 is 15.0 Å². The number of hydrogen-bond donors (Lipinski definition) is 1. The van der Waals surface area contributed by atoms with Gasteiger partial charge in [-0.05, 0) is 102 Å². The smallest absolute Gasteiger partial charge is 0.174 e. The molecule has 2 aliphatic rings. The second-order valence-electron chi connectivity index (χ2n) is 7.66. The standard InChI is InChI=1S/C23H22BrN3OS2/c24-20-13-12-19(30-20)22-21(18-7-3-4-14-25-18)26-23(29)27(22)15-8-10-17(11-9-15)28-16-5-1-2-6-16/h3-4,7-14,16,21-22H,1-2,5-6H2,(H,26,29)/t21-,22-/m0/s1. The lowest BCUT2D eigenvalue weighted by molar-refractivity contribution is 0.210. The minimum atomic E-state index is -0.0151. The van der Waals surface area contributed by atoms with E-state index in [1.54, 1.807) is 11.3 Å². The van der Waals surface area contributed by atoms with Crippen molar-refractivity contribution < 1.29 is 4.74 Å². The predicted octanol–water partition coefficient (Wildman–Crippen LogP) is 6.40. The maximum atomic E-state index is 6.14. The number of halogens is 1. The number of nitrogens with one attached hydrogen (secondary N) is 1. The zero-order chi connectivity index (χ0) is 20.5. The summed E-state index contributed by atoms with van der Waals surface area (Å²) >= 11 is 11.1. The van der Waals surface area contributed by atoms with E-state index in [4.69, 9.17) is 17.0 Å². The molecular weight excluding hydrogens is 478 g/mol. The van der Waals surface area contributed by atoms with Crippen molar-refractivity contribution in [3.8, 4) is 5.75 Å². The third-order valence-electron chi connectivity index (χ3n) is 5.70. The first-order valence-electron chi connectivity index (χ1n) is 10.2. The highest BCUT2D eigenvalue weighted by Gasteiger charge is 2.41. The molecule has 30 heavy (non-hydrogen) atoms. The van der Waals surface area contributed by atoms with Gasteiger partial charge in [0.2, 0.25) is 0 Å². The van der Waals surface area contributed by atoms with E-state index < -0.39 is 0 Å². The van der Waals surface area contributed by atoms with Crippen molar-refractivity contribution in [2.75, 3.05) is 4.90 Å². The zero-order valence-electron chi connectivity index (χ0n) is 16.3. The van der Waals surface area contributed by atoms with Crippen LogP contribution in [-0.4, -0.2) is 16.2 Å². The predicted molar refractivity (Wildman–Crippen MR) is 129 cm³/mol. The van der Waals surface area contributed by atoms with Crippen molar-refractivity contribution in [2.45, 2.75) is 43.9 Å². The molecule has 3 heterocycles. The van der Waals surface area contributed by atoms with Gasteiger partial charge in [0.15, 0.2) is 5.11 Å². The van der Waals surface area contributed by atoms with Gasteiger partial charge in [-0.1, -0.05) is 6.07 Å². The van der Waals surface area contributed by atoms with Gasteiger partial charge in [0.05, 0.1) is 27.7 Å². The summed E-state index contributed by atoms with van der Waals surface area (Å²) in [4.78, 5) is 8.03. The summed E-state index contributed by atoms with van der Waals surface area (Å²) in [5.74, 6) is 0.931. The minimum absolute atomic E-state index is 0.0151. The van der Waals surface area contributed by atoms with E-state index in [1.807, 2.05) is 18.3 Å². The number of thiophene rings is 1. The maximum Gasteiger partial charge on any atom is 0.174 e. The highest BCUT2D eigenvalue weighted by atomic mass is 79.9. The fourth-order valence-electron chi connectivity index (χ4n) is 4.29. The Bertz CT molecular complexity index is 1020. The van der Waals surface area contributed by atoms with Crippen molar-refractivity contribution in [2.24, 2.45) is 0 Å². The van der Waals surface area contributed by atoms with Gasteiger partial charge >= 0.3 is 0 Å². The molecule has 1 saturated heterocycles. The molecule has 154 valence electrons. The Balaban J connectivity index is 1.46. The fourth-order valence-corrected chi connectivity index (χ4v) is 6.19. The second kappa shape index (κ2) is 8.65. The molecule has 1 N–H and O–H groups in total. The quantitative estimate of drug-likeness (QED) is 0.410. The molecule has 0 spiro atoms. The van der Waals surface area contributed by atoms with E-state index in [0.29, 0.717) is 11.2 Å². The Hall–Kier alpha value is -1.96. The van der Waals surface area contributed by atoms with Crippen LogP contribution in [0.5, 0.6) is 5.75 Å². The van der Waals surface area contributed by atoms with Crippen LogP contribution in [0.4, 0.5) is 5.69 Å². The lowest BCUT2D eigenvalue weighted by Gasteiger charge is -2.27. The number of pyridine rings is 1. The van der Waals surface area contributed by atoms with Gasteiger partial charge in [-0.15, -0.1) is 11.3 Å². The molecule has 2 aromatic heterocycles. The van der Waals surface area contributed by atoms with Crippen molar-refractivity contribution in [1.29, 1.82) is 0 Å². The van der Waals surface area contributed by atoms with E-state index in [0.717, 1.165) is 33.8 Å². The van der Waals surface area contributed by atoms with Crippen LogP contribution in [0.15, 0.2) is 64.6 Å². The number of hydrogen-bond acceptors (Lipinski definition) is 4. The van der Waals surface area contributed by atoms with Crippen LogP contribution in [-0.2, 0) is 0 Å². The van der Waals surface area contributed by atoms with Gasteiger partial charge in [0.1, 0.15) is 5.75 Å². The average molecular weight is 500 g/mol. The van der Waals surface area contributed by atoms with Crippen LogP contribution in [0.1, 0.15) is 48.3 Å². The summed E-state index contributed by atoms with van der Waals surface area (Å²) in [5.41, 5.74) is 2.04. The van der Waals surface area contributed by atoms with Gasteiger partial charge in [-0.2, -0.15) is 0 Å². The van der Waals surface area contributed by atoms with E-state index in [9.17, 15) is 0 Å². The number of nitrogens with zero attached hydrogens (tertiary/aromatic N) is 2. The van der Waals surface area contributed by atoms with E-state index in [2.05, 4.69) is 73.6 Å². The molecular formula is C23H22BrN3OS2. The first-order chi connectivity index (χ1) is 14.7. The molecule has 2 atom stereocenters. The summed E-state index contributed by atoms with van der Waals surface area (Å²) in [7, 11) is 0. The van der Waals surface area contributed by atoms with Gasteiger partial charge in [-0.25, -0.2) is 0 Å². The number of anilines is 1. The minimum Gasteiger partial charge on any atom is -0.490 e. The Labute approximate surface area is 194 Å². The number of ether oxygens (including phenoxy) is 1. The molecule has 5 rings (SSSR count). The monoisotopic (exact) mass is 499 g/mol. The molecule has 4 nitrogen and oxygen atoms in total. The third kappa shape index (κ3) is 3.98. The van der Waals surface area contributed by atoms with Crippen LogP contribution in [0.3, 0.4) is 0 Å². The molecule has 1 aromatic carbocycles. The van der Waals surface area contributed by atoms with Gasteiger partial charge in [0.25, 0.3) is 0 Å². The molecule has 0 unspecified atom stereocenters. The van der Waals surface area contributed by atoms with Crippen LogP contribution < -0.4 is 15.0 Å². The number of aromatic nitrogens is 1. The number of benzene rings is 1. The molecule has 1 aliphatic carbocycles. The summed E-state index contributed by atoms with van der Waals surface area (Å²) in [5, 5.41) is 4.22. The number of rotatable bonds is 5. The Morgan fingerprint density at radius 3 is 2.53 bits per heavy atom. The molecule has 1 aliphatic heterocycles. The summed E-state index contributed by atoms with van der Waals surface area (Å²) in [6, 6.07) is 18.6. The van der Waals surface area contributed by atoms with Crippen molar-refractivity contribution in [3.05, 3.63) is 75.2 Å². The Morgan fingerprint density at radius 2 is 1.87 bits per heavy atom. The SMILES string of the molecule is S=C1N[C@@H](c2ccccn2)[C@H](c2ccc(Br)s2)N1c1ccc(OC2CCCC2)cc1. The van der Waals surface area contributed by atoms with Crippen LogP contribution >= 0.6 is 39.5 Å². The molecule has 0 amide bonds. The fraction of sp³-hybridized carbons (Fsp3) is 0.304. The zero-order valence-corrected chi connectivity index (χ0v) is 19.6. The van der Waals surface area contributed by atoms with Gasteiger partial charge in [0, 0.05) is 16.8 Å². The highest BCUT2D eigenvalue weighted by molar-refractivity contribution is 9.11. The van der Waals surface area contributed by atoms with E-state index >= 15 is 0 Å². The summed E-state index contributed by atoms with van der Waals surface area (Å²) in [6.07, 6.45) is 7.04. The average Bonchev–Trinajstić information content (AvgIpc) is 3.50. The first kappa shape index (κ1) is 20.0. The largest absolute Gasteiger partial charge is 0.490 e. The van der Waals surface area contributed by atoms with Crippen LogP contribution in [0, 0.1) is 0 Å². The molecule has 1 saturated carbocycles. The molecule has 3 aromatic rings. The van der Waals surface area contributed by atoms with Crippen LogP contribution in [0.25, 0.3) is 0 Å². The Kier molecular flexibility index (Phi) is 5.76. The van der Waals surface area contributed by atoms with E-state index in [1.165, 1.54) is 17.7 Å². The molecule has 0 radical (unpaired) electrons. The highest BCUT2D eigenvalue weighted by Crippen LogP contribution is 2.44. The topological polar surface area (TPSA) is 37.4 Å². The first-order valence-corrected chi connectivity index (χ1v) is 12.2. The summed E-state index contributed by atoms with van der Waals surface area (Å²) < 4.78 is 7.25. The van der Waals surface area contributed by atoms with Gasteiger partial charge in [-0.3, -0.25) is 4.98 Å².